The molecule has 0 aromatic heterocycles. The molecule has 3 nitrogen and oxygen atoms in total. The van der Waals surface area contributed by atoms with Crippen LogP contribution in [0.1, 0.15) is 37.6 Å². The molecule has 4 heteroatoms. The van der Waals surface area contributed by atoms with Crippen molar-refractivity contribution in [3.05, 3.63) is 28.8 Å². The molecule has 94 valence electrons. The first-order valence-electron chi connectivity index (χ1n) is 5.52. The van der Waals surface area contributed by atoms with Gasteiger partial charge in [-0.15, -0.1) is 0 Å². The van der Waals surface area contributed by atoms with Crippen molar-refractivity contribution in [3.8, 4) is 0 Å². The van der Waals surface area contributed by atoms with Gasteiger partial charge in [0.1, 0.15) is 0 Å². The minimum absolute atomic E-state index is 0.139. The minimum Gasteiger partial charge on any atom is -0.462 e. The molecule has 17 heavy (non-hydrogen) atoms. The third kappa shape index (κ3) is 4.27. The molecule has 0 fully saturated rings. The predicted octanol–water partition coefficient (Wildman–Crippen LogP) is 3.52. The number of rotatable bonds is 3. The van der Waals surface area contributed by atoms with Gasteiger partial charge in [0.15, 0.2) is 0 Å². The van der Waals surface area contributed by atoms with Crippen LogP contribution in [-0.4, -0.2) is 12.6 Å². The fourth-order valence-electron chi connectivity index (χ4n) is 1.24. The van der Waals surface area contributed by atoms with Gasteiger partial charge in [-0.25, -0.2) is 4.79 Å². The number of nitrogens with two attached hydrogens (primary N) is 1. The van der Waals surface area contributed by atoms with Crippen molar-refractivity contribution in [1.82, 2.24) is 0 Å². The lowest BCUT2D eigenvalue weighted by atomic mass is 9.93. The van der Waals surface area contributed by atoms with Gasteiger partial charge in [-0.2, -0.15) is 0 Å². The lowest BCUT2D eigenvalue weighted by Crippen LogP contribution is -2.13. The average molecular weight is 256 g/mol. The summed E-state index contributed by atoms with van der Waals surface area (Å²) in [6.07, 6.45) is 0.804. The van der Waals surface area contributed by atoms with Gasteiger partial charge >= 0.3 is 5.97 Å². The normalized spacial score (nSPS) is 11.3. The number of carbonyl (C=O) groups is 1. The van der Waals surface area contributed by atoms with Gasteiger partial charge in [-0.3, -0.25) is 0 Å². The fourth-order valence-corrected chi connectivity index (χ4v) is 1.44. The van der Waals surface area contributed by atoms with Crippen LogP contribution in [0.4, 0.5) is 5.69 Å². The molecule has 0 saturated heterocycles. The Morgan fingerprint density at radius 2 is 2.06 bits per heavy atom. The van der Waals surface area contributed by atoms with E-state index >= 15 is 0 Å². The van der Waals surface area contributed by atoms with Gasteiger partial charge in [-0.1, -0.05) is 38.4 Å². The van der Waals surface area contributed by atoms with Crippen LogP contribution in [-0.2, 0) is 4.74 Å². The number of halogens is 1. The zero-order chi connectivity index (χ0) is 13.1. The van der Waals surface area contributed by atoms with E-state index in [1.54, 1.807) is 18.2 Å². The Balaban J connectivity index is 2.62. The minimum atomic E-state index is -0.424. The average Bonchev–Trinajstić information content (AvgIpc) is 2.20. The summed E-state index contributed by atoms with van der Waals surface area (Å²) in [7, 11) is 0. The summed E-state index contributed by atoms with van der Waals surface area (Å²) in [5, 5.41) is 0.258. The number of esters is 1. The summed E-state index contributed by atoms with van der Waals surface area (Å²) in [6.45, 7) is 6.66. The molecule has 0 radical (unpaired) electrons. The van der Waals surface area contributed by atoms with Crippen molar-refractivity contribution >= 4 is 23.3 Å². The quantitative estimate of drug-likeness (QED) is 0.664. The predicted molar refractivity (Wildman–Crippen MR) is 70.2 cm³/mol. The zero-order valence-electron chi connectivity index (χ0n) is 10.4. The third-order valence-electron chi connectivity index (χ3n) is 2.33. The fraction of sp³-hybridized carbons (Fsp3) is 0.462. The molecule has 0 spiro atoms. The number of nitrogen functional groups attached to an aromatic ring is 1. The Morgan fingerprint density at radius 3 is 2.65 bits per heavy atom. The molecule has 0 heterocycles. The molecule has 0 aliphatic rings. The second-order valence-electron chi connectivity index (χ2n) is 5.16. The Hall–Kier alpha value is -1.22. The van der Waals surface area contributed by atoms with Crippen LogP contribution in [0.2, 0.25) is 5.02 Å². The molecule has 0 bridgehead atoms. The number of benzene rings is 1. The first-order chi connectivity index (χ1) is 7.81. The molecule has 0 saturated carbocycles. The van der Waals surface area contributed by atoms with Crippen LogP contribution < -0.4 is 5.73 Å². The van der Waals surface area contributed by atoms with Crippen molar-refractivity contribution in [1.29, 1.82) is 0 Å². The Labute approximate surface area is 107 Å². The van der Waals surface area contributed by atoms with E-state index in [-0.39, 0.29) is 10.4 Å². The summed E-state index contributed by atoms with van der Waals surface area (Å²) in [4.78, 5) is 11.7. The summed E-state index contributed by atoms with van der Waals surface area (Å²) in [5.74, 6) is -0.424. The first kappa shape index (κ1) is 13.8. The molecule has 1 rings (SSSR count). The second-order valence-corrected chi connectivity index (χ2v) is 5.53. The highest BCUT2D eigenvalue weighted by Crippen LogP contribution is 2.24. The van der Waals surface area contributed by atoms with Crippen molar-refractivity contribution in [2.45, 2.75) is 27.2 Å². The maximum Gasteiger partial charge on any atom is 0.339 e. The second kappa shape index (κ2) is 5.41. The Morgan fingerprint density at radius 1 is 1.41 bits per heavy atom. The summed E-state index contributed by atoms with van der Waals surface area (Å²) >= 11 is 5.93. The SMILES string of the molecule is CC(C)(C)CCOC(=O)c1cccc(N)c1Cl. The van der Waals surface area contributed by atoms with Crippen LogP contribution in [0, 0.1) is 5.41 Å². The number of hydrogen-bond donors (Lipinski definition) is 1. The summed E-state index contributed by atoms with van der Waals surface area (Å²) in [6, 6.07) is 4.94. The molecule has 0 aliphatic heterocycles. The van der Waals surface area contributed by atoms with Crippen molar-refractivity contribution in [3.63, 3.8) is 0 Å². The maximum atomic E-state index is 11.7. The van der Waals surface area contributed by atoms with Crippen molar-refractivity contribution in [2.24, 2.45) is 5.41 Å². The molecule has 2 N–H and O–H groups in total. The van der Waals surface area contributed by atoms with E-state index in [0.29, 0.717) is 17.9 Å². The van der Waals surface area contributed by atoms with E-state index in [4.69, 9.17) is 22.1 Å². The van der Waals surface area contributed by atoms with Gasteiger partial charge in [0, 0.05) is 0 Å². The highest BCUT2D eigenvalue weighted by Gasteiger charge is 2.15. The van der Waals surface area contributed by atoms with Gasteiger partial charge in [0.2, 0.25) is 0 Å². The van der Waals surface area contributed by atoms with Gasteiger partial charge in [-0.05, 0) is 24.0 Å². The zero-order valence-corrected chi connectivity index (χ0v) is 11.2. The van der Waals surface area contributed by atoms with Crippen LogP contribution in [0.15, 0.2) is 18.2 Å². The summed E-state index contributed by atoms with van der Waals surface area (Å²) in [5.41, 5.74) is 6.46. The Bertz CT molecular complexity index is 410. The first-order valence-corrected chi connectivity index (χ1v) is 5.90. The van der Waals surface area contributed by atoms with E-state index in [1.807, 2.05) is 0 Å². The highest BCUT2D eigenvalue weighted by molar-refractivity contribution is 6.36. The highest BCUT2D eigenvalue weighted by atomic mass is 35.5. The van der Waals surface area contributed by atoms with Crippen molar-refractivity contribution < 1.29 is 9.53 Å². The number of carbonyl (C=O) groups excluding carboxylic acids is 1. The molecule has 0 aliphatic carbocycles. The lowest BCUT2D eigenvalue weighted by Gasteiger charge is -2.17. The van der Waals surface area contributed by atoms with Gasteiger partial charge in [0.25, 0.3) is 0 Å². The van der Waals surface area contributed by atoms with Gasteiger partial charge in [0.05, 0.1) is 22.9 Å². The smallest absolute Gasteiger partial charge is 0.339 e. The van der Waals surface area contributed by atoms with E-state index < -0.39 is 5.97 Å². The molecule has 0 atom stereocenters. The lowest BCUT2D eigenvalue weighted by molar-refractivity contribution is 0.0465. The number of ether oxygens (including phenoxy) is 1. The number of hydrogen-bond acceptors (Lipinski definition) is 3. The Kier molecular flexibility index (Phi) is 4.40. The molecule has 0 amide bonds. The van der Waals surface area contributed by atoms with Crippen LogP contribution in [0.5, 0.6) is 0 Å². The largest absolute Gasteiger partial charge is 0.462 e. The van der Waals surface area contributed by atoms with E-state index in [9.17, 15) is 4.79 Å². The third-order valence-corrected chi connectivity index (χ3v) is 2.76. The topological polar surface area (TPSA) is 52.3 Å². The molecular weight excluding hydrogens is 238 g/mol. The molecule has 0 unspecified atom stereocenters. The maximum absolute atomic E-state index is 11.7. The molecular formula is C13H18ClNO2. The van der Waals surface area contributed by atoms with Crippen LogP contribution in [0.25, 0.3) is 0 Å². The van der Waals surface area contributed by atoms with Crippen LogP contribution in [0.3, 0.4) is 0 Å². The standard InChI is InChI=1S/C13H18ClNO2/c1-13(2,3)7-8-17-12(16)9-5-4-6-10(15)11(9)14/h4-6H,7-8,15H2,1-3H3. The van der Waals surface area contributed by atoms with E-state index in [0.717, 1.165) is 6.42 Å². The van der Waals surface area contributed by atoms with E-state index in [1.165, 1.54) is 0 Å². The van der Waals surface area contributed by atoms with Crippen LogP contribution >= 0.6 is 11.6 Å². The number of anilines is 1. The van der Waals surface area contributed by atoms with Crippen molar-refractivity contribution in [2.75, 3.05) is 12.3 Å². The van der Waals surface area contributed by atoms with E-state index in [2.05, 4.69) is 20.8 Å². The van der Waals surface area contributed by atoms with Gasteiger partial charge < -0.3 is 10.5 Å². The molecule has 1 aromatic rings. The molecule has 1 aromatic carbocycles. The monoisotopic (exact) mass is 255 g/mol. The summed E-state index contributed by atoms with van der Waals surface area (Å²) < 4.78 is 5.16.